The number of phenols is 1. The van der Waals surface area contributed by atoms with E-state index in [4.69, 9.17) is 9.84 Å². The quantitative estimate of drug-likeness (QED) is 0.716. The maximum Gasteiger partial charge on any atom is 0.253 e. The lowest BCUT2D eigenvalue weighted by Gasteiger charge is -2.26. The summed E-state index contributed by atoms with van der Waals surface area (Å²) >= 11 is 0. The van der Waals surface area contributed by atoms with Crippen LogP contribution in [0.2, 0.25) is 0 Å². The maximum atomic E-state index is 11.4. The highest BCUT2D eigenvalue weighted by molar-refractivity contribution is 5.94. The number of amides is 1. The largest absolute Gasteiger partial charge is 0.508 e. The molecule has 74 valence electrons. The van der Waals surface area contributed by atoms with Gasteiger partial charge in [-0.05, 0) is 24.3 Å². The molecule has 4 heteroatoms. The Morgan fingerprint density at radius 1 is 1.29 bits per heavy atom. The number of hydrogen-bond acceptors (Lipinski definition) is 3. The van der Waals surface area contributed by atoms with Crippen molar-refractivity contribution in [1.82, 2.24) is 0 Å². The minimum atomic E-state index is -0.0399. The molecule has 0 aliphatic carbocycles. The molecule has 0 spiro atoms. The number of nitrogens with zero attached hydrogens (tertiary/aromatic N) is 1. The molecule has 0 aromatic heterocycles. The van der Waals surface area contributed by atoms with E-state index in [0.717, 1.165) is 5.69 Å². The van der Waals surface area contributed by atoms with Crippen LogP contribution in [0.4, 0.5) is 5.69 Å². The van der Waals surface area contributed by atoms with Crippen molar-refractivity contribution in [3.8, 4) is 5.75 Å². The van der Waals surface area contributed by atoms with Gasteiger partial charge in [0.2, 0.25) is 0 Å². The van der Waals surface area contributed by atoms with Crippen molar-refractivity contribution < 1.29 is 14.6 Å². The van der Waals surface area contributed by atoms with Crippen LogP contribution in [0, 0.1) is 0 Å². The van der Waals surface area contributed by atoms with Crippen LogP contribution in [-0.2, 0) is 9.53 Å². The Bertz CT molecular complexity index is 334. The number of phenolic OH excluding ortho intramolecular Hbond substituents is 1. The first-order chi connectivity index (χ1) is 6.77. The van der Waals surface area contributed by atoms with Gasteiger partial charge in [-0.25, -0.2) is 0 Å². The van der Waals surface area contributed by atoms with Gasteiger partial charge in [0.1, 0.15) is 12.4 Å². The summed E-state index contributed by atoms with van der Waals surface area (Å²) in [4.78, 5) is 13.1. The first-order valence-corrected chi connectivity index (χ1v) is 4.44. The first kappa shape index (κ1) is 9.02. The van der Waals surface area contributed by atoms with Crippen LogP contribution in [0.15, 0.2) is 24.3 Å². The predicted octanol–water partition coefficient (Wildman–Crippen LogP) is 0.755. The predicted molar refractivity (Wildman–Crippen MR) is 51.3 cm³/mol. The fourth-order valence-electron chi connectivity index (χ4n) is 1.42. The molecule has 0 unspecified atom stereocenters. The average Bonchev–Trinajstić information content (AvgIpc) is 2.20. The van der Waals surface area contributed by atoms with Crippen molar-refractivity contribution in [2.45, 2.75) is 0 Å². The minimum absolute atomic E-state index is 0.0399. The van der Waals surface area contributed by atoms with Crippen molar-refractivity contribution in [1.29, 1.82) is 0 Å². The highest BCUT2D eigenvalue weighted by atomic mass is 16.5. The van der Waals surface area contributed by atoms with Gasteiger partial charge in [-0.1, -0.05) is 0 Å². The molecule has 1 saturated heterocycles. The van der Waals surface area contributed by atoms with Crippen LogP contribution < -0.4 is 4.90 Å². The molecule has 14 heavy (non-hydrogen) atoms. The molecule has 2 rings (SSSR count). The molecule has 1 amide bonds. The average molecular weight is 193 g/mol. The highest BCUT2D eigenvalue weighted by Gasteiger charge is 2.19. The molecule has 1 heterocycles. The summed E-state index contributed by atoms with van der Waals surface area (Å²) < 4.78 is 5.02. The van der Waals surface area contributed by atoms with Crippen molar-refractivity contribution in [3.63, 3.8) is 0 Å². The Morgan fingerprint density at radius 2 is 2.00 bits per heavy atom. The molecule has 0 saturated carbocycles. The second kappa shape index (κ2) is 3.67. The summed E-state index contributed by atoms with van der Waals surface area (Å²) in [5.74, 6) is 0.163. The number of anilines is 1. The summed E-state index contributed by atoms with van der Waals surface area (Å²) in [6.07, 6.45) is 0. The molecule has 1 N–H and O–H groups in total. The monoisotopic (exact) mass is 193 g/mol. The third-order valence-corrected chi connectivity index (χ3v) is 2.15. The van der Waals surface area contributed by atoms with Crippen LogP contribution in [0.3, 0.4) is 0 Å². The maximum absolute atomic E-state index is 11.4. The fraction of sp³-hybridized carbons (Fsp3) is 0.300. The number of rotatable bonds is 1. The minimum Gasteiger partial charge on any atom is -0.508 e. The molecule has 1 aliphatic heterocycles. The summed E-state index contributed by atoms with van der Waals surface area (Å²) in [7, 11) is 0. The molecular formula is C10H11NO3. The Kier molecular flexibility index (Phi) is 2.37. The van der Waals surface area contributed by atoms with E-state index in [2.05, 4.69) is 0 Å². The summed E-state index contributed by atoms with van der Waals surface area (Å²) in [5, 5.41) is 9.09. The third kappa shape index (κ3) is 1.70. The molecule has 0 bridgehead atoms. The second-order valence-electron chi connectivity index (χ2n) is 3.11. The molecular weight excluding hydrogens is 182 g/mol. The van der Waals surface area contributed by atoms with E-state index < -0.39 is 0 Å². The molecule has 0 atom stereocenters. The smallest absolute Gasteiger partial charge is 0.253 e. The third-order valence-electron chi connectivity index (χ3n) is 2.15. The Hall–Kier alpha value is -1.55. The SMILES string of the molecule is O=C1COCCN1c1ccc(O)cc1. The van der Waals surface area contributed by atoms with Gasteiger partial charge >= 0.3 is 0 Å². The Labute approximate surface area is 81.7 Å². The van der Waals surface area contributed by atoms with Crippen molar-refractivity contribution in [2.75, 3.05) is 24.7 Å². The number of benzene rings is 1. The van der Waals surface area contributed by atoms with E-state index in [-0.39, 0.29) is 18.3 Å². The zero-order valence-electron chi connectivity index (χ0n) is 7.64. The van der Waals surface area contributed by atoms with Gasteiger partial charge in [0, 0.05) is 12.2 Å². The number of carbonyl (C=O) groups is 1. The zero-order chi connectivity index (χ0) is 9.97. The lowest BCUT2D eigenvalue weighted by atomic mass is 10.2. The van der Waals surface area contributed by atoms with E-state index >= 15 is 0 Å². The lowest BCUT2D eigenvalue weighted by Crippen LogP contribution is -2.41. The molecule has 1 fully saturated rings. The van der Waals surface area contributed by atoms with Gasteiger partial charge in [0.05, 0.1) is 6.61 Å². The van der Waals surface area contributed by atoms with Gasteiger partial charge < -0.3 is 14.7 Å². The van der Waals surface area contributed by atoms with Crippen LogP contribution in [0.5, 0.6) is 5.75 Å². The molecule has 1 aromatic carbocycles. The van der Waals surface area contributed by atoms with E-state index in [9.17, 15) is 4.79 Å². The van der Waals surface area contributed by atoms with Crippen molar-refractivity contribution in [2.24, 2.45) is 0 Å². The van der Waals surface area contributed by atoms with E-state index in [1.54, 1.807) is 29.2 Å². The van der Waals surface area contributed by atoms with Crippen molar-refractivity contribution in [3.05, 3.63) is 24.3 Å². The molecule has 0 radical (unpaired) electrons. The normalized spacial score (nSPS) is 17.1. The van der Waals surface area contributed by atoms with Crippen molar-refractivity contribution >= 4 is 11.6 Å². The van der Waals surface area contributed by atoms with E-state index in [0.29, 0.717) is 13.2 Å². The highest BCUT2D eigenvalue weighted by Crippen LogP contribution is 2.19. The number of morpholine rings is 1. The van der Waals surface area contributed by atoms with E-state index in [1.165, 1.54) is 0 Å². The summed E-state index contributed by atoms with van der Waals surface area (Å²) in [5.41, 5.74) is 0.802. The standard InChI is InChI=1S/C10H11NO3/c12-9-3-1-8(2-4-9)11-5-6-14-7-10(11)13/h1-4,12H,5-7H2. The second-order valence-corrected chi connectivity index (χ2v) is 3.11. The van der Waals surface area contributed by atoms with Gasteiger partial charge in [0.25, 0.3) is 5.91 Å². The fourth-order valence-corrected chi connectivity index (χ4v) is 1.42. The number of ether oxygens (including phenoxy) is 1. The lowest BCUT2D eigenvalue weighted by molar-refractivity contribution is -0.125. The van der Waals surface area contributed by atoms with Crippen LogP contribution in [-0.4, -0.2) is 30.8 Å². The number of carbonyl (C=O) groups excluding carboxylic acids is 1. The van der Waals surface area contributed by atoms with Crippen LogP contribution in [0.1, 0.15) is 0 Å². The van der Waals surface area contributed by atoms with E-state index in [1.807, 2.05) is 0 Å². The molecule has 1 aliphatic rings. The van der Waals surface area contributed by atoms with Gasteiger partial charge in [0.15, 0.2) is 0 Å². The van der Waals surface area contributed by atoms with Gasteiger partial charge in [-0.15, -0.1) is 0 Å². The van der Waals surface area contributed by atoms with Gasteiger partial charge in [-0.3, -0.25) is 4.79 Å². The number of hydrogen-bond donors (Lipinski definition) is 1. The summed E-state index contributed by atoms with van der Waals surface area (Å²) in [6, 6.07) is 6.58. The van der Waals surface area contributed by atoms with Crippen LogP contribution >= 0.6 is 0 Å². The zero-order valence-corrected chi connectivity index (χ0v) is 7.64. The molecule has 4 nitrogen and oxygen atoms in total. The first-order valence-electron chi connectivity index (χ1n) is 4.44. The number of aromatic hydroxyl groups is 1. The van der Waals surface area contributed by atoms with Gasteiger partial charge in [-0.2, -0.15) is 0 Å². The summed E-state index contributed by atoms with van der Waals surface area (Å²) in [6.45, 7) is 1.27. The Morgan fingerprint density at radius 3 is 2.64 bits per heavy atom. The van der Waals surface area contributed by atoms with Crippen LogP contribution in [0.25, 0.3) is 0 Å². The molecule has 1 aromatic rings. The topological polar surface area (TPSA) is 49.8 Å². The Balaban J connectivity index is 2.20.